The van der Waals surface area contributed by atoms with Gasteiger partial charge in [0.2, 0.25) is 0 Å². The lowest BCUT2D eigenvalue weighted by Crippen LogP contribution is -2.05. The van der Waals surface area contributed by atoms with E-state index in [4.69, 9.17) is 16.3 Å². The summed E-state index contributed by atoms with van der Waals surface area (Å²) in [6.45, 7) is 1.85. The van der Waals surface area contributed by atoms with Crippen molar-refractivity contribution < 1.29 is 9.53 Å². The topological polar surface area (TPSA) is 26.3 Å². The highest BCUT2D eigenvalue weighted by molar-refractivity contribution is 6.30. The van der Waals surface area contributed by atoms with E-state index >= 15 is 0 Å². The average molecular weight is 209 g/mol. The lowest BCUT2D eigenvalue weighted by atomic mass is 10.0. The van der Waals surface area contributed by atoms with E-state index < -0.39 is 0 Å². The monoisotopic (exact) mass is 208 g/mol. The van der Waals surface area contributed by atoms with Crippen LogP contribution in [0.25, 0.3) is 5.57 Å². The Hall–Kier alpha value is -1.28. The van der Waals surface area contributed by atoms with Gasteiger partial charge in [-0.3, -0.25) is 0 Å². The molecule has 1 aliphatic heterocycles. The highest BCUT2D eigenvalue weighted by Crippen LogP contribution is 2.26. The van der Waals surface area contributed by atoms with Crippen molar-refractivity contribution in [2.45, 2.75) is 13.0 Å². The molecule has 0 N–H and O–H groups in total. The fraction of sp³-hybridized carbons (Fsp3) is 0.182. The largest absolute Gasteiger partial charge is 0.455 e. The van der Waals surface area contributed by atoms with Crippen LogP contribution in [0.4, 0.5) is 0 Å². The molecule has 0 bridgehead atoms. The fourth-order valence-electron chi connectivity index (χ4n) is 1.48. The molecule has 0 radical (unpaired) electrons. The van der Waals surface area contributed by atoms with Crippen molar-refractivity contribution in [2.24, 2.45) is 0 Å². The minimum absolute atomic E-state index is 0.163. The number of carbonyl (C=O) groups excluding carboxylic acids is 1. The zero-order valence-corrected chi connectivity index (χ0v) is 8.41. The first kappa shape index (κ1) is 9.28. The smallest absolute Gasteiger partial charge is 0.331 e. The number of carbonyl (C=O) groups is 1. The quantitative estimate of drug-likeness (QED) is 0.664. The molecule has 0 saturated heterocycles. The van der Waals surface area contributed by atoms with E-state index in [-0.39, 0.29) is 12.1 Å². The molecular weight excluding hydrogens is 200 g/mol. The Kier molecular flexibility index (Phi) is 2.30. The van der Waals surface area contributed by atoms with Gasteiger partial charge in [-0.2, -0.15) is 0 Å². The van der Waals surface area contributed by atoms with Gasteiger partial charge in [0, 0.05) is 16.7 Å². The van der Waals surface area contributed by atoms with Crippen LogP contribution < -0.4 is 0 Å². The molecule has 0 aliphatic carbocycles. The molecule has 0 fully saturated rings. The average Bonchev–Trinajstić information content (AvgIpc) is 2.47. The van der Waals surface area contributed by atoms with E-state index in [0.29, 0.717) is 5.02 Å². The predicted octanol–water partition coefficient (Wildman–Crippen LogP) is 2.67. The third-order valence-electron chi connectivity index (χ3n) is 2.18. The predicted molar refractivity (Wildman–Crippen MR) is 55.0 cm³/mol. The molecule has 72 valence electrons. The summed E-state index contributed by atoms with van der Waals surface area (Å²) < 4.78 is 4.99. The van der Waals surface area contributed by atoms with Crippen LogP contribution in [0.1, 0.15) is 12.5 Å². The van der Waals surface area contributed by atoms with Gasteiger partial charge in [-0.15, -0.1) is 0 Å². The molecule has 1 aromatic rings. The second-order valence-corrected chi connectivity index (χ2v) is 3.62. The molecule has 1 heterocycles. The number of hydrogen-bond acceptors (Lipinski definition) is 2. The molecule has 1 aromatic carbocycles. The van der Waals surface area contributed by atoms with Crippen molar-refractivity contribution >= 4 is 23.1 Å². The van der Waals surface area contributed by atoms with Crippen LogP contribution in [0.15, 0.2) is 30.3 Å². The van der Waals surface area contributed by atoms with Gasteiger partial charge in [-0.25, -0.2) is 4.79 Å². The Labute approximate surface area is 87.1 Å². The molecule has 1 unspecified atom stereocenters. The van der Waals surface area contributed by atoms with Crippen LogP contribution >= 0.6 is 11.6 Å². The Morgan fingerprint density at radius 2 is 1.93 bits per heavy atom. The second kappa shape index (κ2) is 3.46. The molecule has 0 saturated carbocycles. The third kappa shape index (κ3) is 1.66. The van der Waals surface area contributed by atoms with Gasteiger partial charge in [0.15, 0.2) is 0 Å². The lowest BCUT2D eigenvalue weighted by molar-refractivity contribution is -0.137. The van der Waals surface area contributed by atoms with Crippen LogP contribution in [0.5, 0.6) is 0 Å². The molecule has 0 amide bonds. The van der Waals surface area contributed by atoms with Crippen molar-refractivity contribution in [3.05, 3.63) is 40.9 Å². The molecule has 0 spiro atoms. The van der Waals surface area contributed by atoms with E-state index in [1.165, 1.54) is 6.08 Å². The summed E-state index contributed by atoms with van der Waals surface area (Å²) in [5, 5.41) is 0.687. The maximum absolute atomic E-state index is 11.0. The summed E-state index contributed by atoms with van der Waals surface area (Å²) in [7, 11) is 0. The molecule has 2 nitrogen and oxygen atoms in total. The summed E-state index contributed by atoms with van der Waals surface area (Å²) in [6.07, 6.45) is 1.36. The zero-order valence-electron chi connectivity index (χ0n) is 7.66. The van der Waals surface area contributed by atoms with Crippen molar-refractivity contribution in [1.29, 1.82) is 0 Å². The van der Waals surface area contributed by atoms with Crippen molar-refractivity contribution in [2.75, 3.05) is 0 Å². The van der Waals surface area contributed by atoms with Gasteiger partial charge < -0.3 is 4.74 Å². The highest BCUT2D eigenvalue weighted by atomic mass is 35.5. The summed E-state index contributed by atoms with van der Waals surface area (Å²) in [5.74, 6) is -0.276. The Morgan fingerprint density at radius 3 is 2.43 bits per heavy atom. The normalized spacial score (nSPS) is 20.6. The SMILES string of the molecule is CC1OC(=O)C=C1c1ccc(Cl)cc1. The molecule has 0 aromatic heterocycles. The first-order valence-electron chi connectivity index (χ1n) is 4.35. The Morgan fingerprint density at radius 1 is 1.29 bits per heavy atom. The van der Waals surface area contributed by atoms with Gasteiger partial charge in [0.05, 0.1) is 0 Å². The molecule has 14 heavy (non-hydrogen) atoms. The van der Waals surface area contributed by atoms with E-state index in [1.54, 1.807) is 12.1 Å². The standard InChI is InChI=1S/C11H9ClO2/c1-7-10(6-11(13)14-7)8-2-4-9(12)5-3-8/h2-7H,1H3. The molecule has 1 aliphatic rings. The minimum Gasteiger partial charge on any atom is -0.455 e. The Bertz CT molecular complexity index is 392. The minimum atomic E-state index is -0.276. The van der Waals surface area contributed by atoms with Crippen molar-refractivity contribution in [3.8, 4) is 0 Å². The number of rotatable bonds is 1. The number of halogens is 1. The first-order valence-corrected chi connectivity index (χ1v) is 4.73. The molecular formula is C11H9ClO2. The molecule has 3 heteroatoms. The number of ether oxygens (including phenoxy) is 1. The summed E-state index contributed by atoms with van der Waals surface area (Å²) >= 11 is 5.77. The summed E-state index contributed by atoms with van der Waals surface area (Å²) in [5.41, 5.74) is 1.89. The van der Waals surface area contributed by atoms with E-state index in [0.717, 1.165) is 11.1 Å². The Balaban J connectivity index is 2.36. The van der Waals surface area contributed by atoms with Crippen LogP contribution in [0.2, 0.25) is 5.02 Å². The molecule has 2 rings (SSSR count). The first-order chi connectivity index (χ1) is 6.66. The van der Waals surface area contributed by atoms with Gasteiger partial charge in [0.25, 0.3) is 0 Å². The van der Waals surface area contributed by atoms with E-state index in [2.05, 4.69) is 0 Å². The van der Waals surface area contributed by atoms with Crippen LogP contribution in [0.3, 0.4) is 0 Å². The number of benzene rings is 1. The zero-order chi connectivity index (χ0) is 10.1. The number of esters is 1. The van der Waals surface area contributed by atoms with Crippen LogP contribution in [-0.4, -0.2) is 12.1 Å². The third-order valence-corrected chi connectivity index (χ3v) is 2.43. The van der Waals surface area contributed by atoms with Gasteiger partial charge in [-0.1, -0.05) is 23.7 Å². The van der Waals surface area contributed by atoms with E-state index in [9.17, 15) is 4.79 Å². The maximum Gasteiger partial charge on any atom is 0.331 e. The lowest BCUT2D eigenvalue weighted by Gasteiger charge is -2.08. The summed E-state index contributed by atoms with van der Waals surface area (Å²) in [6, 6.07) is 7.36. The van der Waals surface area contributed by atoms with E-state index in [1.807, 2.05) is 19.1 Å². The van der Waals surface area contributed by atoms with Crippen molar-refractivity contribution in [3.63, 3.8) is 0 Å². The van der Waals surface area contributed by atoms with Crippen LogP contribution in [-0.2, 0) is 9.53 Å². The second-order valence-electron chi connectivity index (χ2n) is 3.19. The van der Waals surface area contributed by atoms with Gasteiger partial charge >= 0.3 is 5.97 Å². The maximum atomic E-state index is 11.0. The van der Waals surface area contributed by atoms with Crippen molar-refractivity contribution in [1.82, 2.24) is 0 Å². The fourth-order valence-corrected chi connectivity index (χ4v) is 1.60. The number of cyclic esters (lactones) is 1. The summed E-state index contributed by atoms with van der Waals surface area (Å²) in [4.78, 5) is 11.0. The molecule has 1 atom stereocenters. The van der Waals surface area contributed by atoms with Gasteiger partial charge in [-0.05, 0) is 24.6 Å². The van der Waals surface area contributed by atoms with Crippen LogP contribution in [0, 0.1) is 0 Å². The number of hydrogen-bond donors (Lipinski definition) is 0. The van der Waals surface area contributed by atoms with Gasteiger partial charge in [0.1, 0.15) is 6.10 Å². The highest BCUT2D eigenvalue weighted by Gasteiger charge is 2.22.